The van der Waals surface area contributed by atoms with Gasteiger partial charge in [0, 0.05) is 12.6 Å². The van der Waals surface area contributed by atoms with E-state index in [4.69, 9.17) is 0 Å². The van der Waals surface area contributed by atoms with Crippen molar-refractivity contribution in [1.29, 1.82) is 0 Å². The van der Waals surface area contributed by atoms with Crippen LogP contribution in [0.3, 0.4) is 0 Å². The monoisotopic (exact) mass is 308 g/mol. The first-order valence-electron chi connectivity index (χ1n) is 7.27. The van der Waals surface area contributed by atoms with Crippen molar-refractivity contribution in [2.45, 2.75) is 20.8 Å². The summed E-state index contributed by atoms with van der Waals surface area (Å²) in [6.07, 6.45) is 0. The van der Waals surface area contributed by atoms with Gasteiger partial charge in [-0.1, -0.05) is 12.1 Å². The van der Waals surface area contributed by atoms with E-state index >= 15 is 0 Å². The van der Waals surface area contributed by atoms with Crippen LogP contribution in [0.4, 0.5) is 11.4 Å². The Morgan fingerprint density at radius 2 is 1.70 bits per heavy atom. The molecule has 5 nitrogen and oxygen atoms in total. The van der Waals surface area contributed by atoms with Gasteiger partial charge < -0.3 is 5.32 Å². The van der Waals surface area contributed by atoms with Gasteiger partial charge in [-0.2, -0.15) is 0 Å². The number of amides is 3. The highest BCUT2D eigenvalue weighted by atomic mass is 16.2. The molecule has 2 aromatic carbocycles. The summed E-state index contributed by atoms with van der Waals surface area (Å²) in [4.78, 5) is 37.7. The van der Waals surface area contributed by atoms with Gasteiger partial charge in [-0.25, -0.2) is 4.90 Å². The molecule has 0 unspecified atom stereocenters. The Labute approximate surface area is 133 Å². The Morgan fingerprint density at radius 1 is 1.00 bits per heavy atom. The predicted octanol–water partition coefficient (Wildman–Crippen LogP) is 3.06. The first kappa shape index (κ1) is 15.0. The van der Waals surface area contributed by atoms with Crippen LogP contribution in [0.25, 0.3) is 0 Å². The summed E-state index contributed by atoms with van der Waals surface area (Å²) in [6.45, 7) is 5.21. The zero-order valence-corrected chi connectivity index (χ0v) is 13.1. The number of hydrogen-bond acceptors (Lipinski definition) is 3. The maximum absolute atomic E-state index is 12.7. The van der Waals surface area contributed by atoms with Crippen LogP contribution >= 0.6 is 0 Å². The number of carbonyl (C=O) groups excluding carboxylic acids is 3. The van der Waals surface area contributed by atoms with Crippen molar-refractivity contribution in [3.8, 4) is 0 Å². The van der Waals surface area contributed by atoms with Gasteiger partial charge in [-0.15, -0.1) is 0 Å². The van der Waals surface area contributed by atoms with Gasteiger partial charge in [-0.3, -0.25) is 14.4 Å². The number of rotatable bonds is 2. The molecule has 0 saturated heterocycles. The Hall–Kier alpha value is -2.95. The third-order valence-electron chi connectivity index (χ3n) is 4.02. The lowest BCUT2D eigenvalue weighted by molar-refractivity contribution is -0.114. The average molecular weight is 308 g/mol. The lowest BCUT2D eigenvalue weighted by Crippen LogP contribution is -2.30. The number of nitrogens with zero attached hydrogens (tertiary/aromatic N) is 1. The summed E-state index contributed by atoms with van der Waals surface area (Å²) in [5, 5.41) is 2.62. The molecule has 23 heavy (non-hydrogen) atoms. The van der Waals surface area contributed by atoms with E-state index in [1.54, 1.807) is 24.3 Å². The van der Waals surface area contributed by atoms with Crippen LogP contribution in [-0.4, -0.2) is 17.7 Å². The van der Waals surface area contributed by atoms with Crippen molar-refractivity contribution in [2.24, 2.45) is 0 Å². The smallest absolute Gasteiger partial charge is 0.266 e. The highest BCUT2D eigenvalue weighted by Gasteiger charge is 2.37. The lowest BCUT2D eigenvalue weighted by Gasteiger charge is -2.17. The molecular formula is C18H16N2O3. The van der Waals surface area contributed by atoms with E-state index in [0.717, 1.165) is 11.1 Å². The summed E-state index contributed by atoms with van der Waals surface area (Å²) in [5.74, 6) is -0.938. The minimum Gasteiger partial charge on any atom is -0.326 e. The van der Waals surface area contributed by atoms with Gasteiger partial charge in [0.1, 0.15) is 0 Å². The average Bonchev–Trinajstić information content (AvgIpc) is 2.73. The molecule has 0 aromatic heterocycles. The summed E-state index contributed by atoms with van der Waals surface area (Å²) >= 11 is 0. The highest BCUT2D eigenvalue weighted by molar-refractivity contribution is 6.35. The van der Waals surface area contributed by atoms with E-state index in [9.17, 15) is 14.4 Å². The molecule has 0 aliphatic carbocycles. The second kappa shape index (κ2) is 5.35. The van der Waals surface area contributed by atoms with E-state index in [1.807, 2.05) is 26.0 Å². The van der Waals surface area contributed by atoms with Crippen LogP contribution in [0.2, 0.25) is 0 Å². The van der Waals surface area contributed by atoms with E-state index in [-0.39, 0.29) is 17.7 Å². The highest BCUT2D eigenvalue weighted by Crippen LogP contribution is 2.32. The molecule has 5 heteroatoms. The predicted molar refractivity (Wildman–Crippen MR) is 87.8 cm³/mol. The second-order valence-electron chi connectivity index (χ2n) is 5.61. The molecule has 2 aromatic rings. The molecule has 3 rings (SSSR count). The van der Waals surface area contributed by atoms with Gasteiger partial charge >= 0.3 is 0 Å². The number of anilines is 2. The fourth-order valence-corrected chi connectivity index (χ4v) is 2.72. The Balaban J connectivity index is 2.07. The molecule has 0 radical (unpaired) electrons. The van der Waals surface area contributed by atoms with Crippen LogP contribution in [0.5, 0.6) is 0 Å². The zero-order valence-electron chi connectivity index (χ0n) is 13.1. The maximum Gasteiger partial charge on any atom is 0.266 e. The SMILES string of the molecule is CC(=O)Nc1ccc2c(c1)C(=O)N(c1cccc(C)c1C)C2=O. The van der Waals surface area contributed by atoms with Crippen LogP contribution in [0.1, 0.15) is 38.8 Å². The summed E-state index contributed by atoms with van der Waals surface area (Å²) in [6, 6.07) is 10.3. The molecule has 0 spiro atoms. The molecule has 1 aliphatic rings. The number of carbonyl (C=O) groups is 3. The van der Waals surface area contributed by atoms with Crippen molar-refractivity contribution in [3.63, 3.8) is 0 Å². The summed E-state index contributed by atoms with van der Waals surface area (Å²) in [7, 11) is 0. The topological polar surface area (TPSA) is 66.5 Å². The molecule has 1 heterocycles. The van der Waals surface area contributed by atoms with Crippen LogP contribution < -0.4 is 10.2 Å². The molecule has 1 aliphatic heterocycles. The first-order chi connectivity index (χ1) is 10.9. The Kier molecular flexibility index (Phi) is 3.48. The molecule has 116 valence electrons. The lowest BCUT2D eigenvalue weighted by atomic mass is 10.1. The normalized spacial score (nSPS) is 13.3. The minimum atomic E-state index is -0.370. The molecule has 3 amide bonds. The Bertz CT molecular complexity index is 855. The Morgan fingerprint density at radius 3 is 2.39 bits per heavy atom. The number of aryl methyl sites for hydroxylation is 1. The van der Waals surface area contributed by atoms with E-state index in [2.05, 4.69) is 5.32 Å². The van der Waals surface area contributed by atoms with Crippen molar-refractivity contribution >= 4 is 29.1 Å². The van der Waals surface area contributed by atoms with Gasteiger partial charge in [0.2, 0.25) is 5.91 Å². The number of hydrogen-bond donors (Lipinski definition) is 1. The fourth-order valence-electron chi connectivity index (χ4n) is 2.72. The largest absolute Gasteiger partial charge is 0.326 e. The quantitative estimate of drug-likeness (QED) is 0.867. The molecule has 0 fully saturated rings. The molecule has 0 saturated carbocycles. The number of imide groups is 1. The third-order valence-corrected chi connectivity index (χ3v) is 4.02. The zero-order chi connectivity index (χ0) is 16.7. The summed E-state index contributed by atoms with van der Waals surface area (Å²) in [5.41, 5.74) is 3.66. The number of nitrogens with one attached hydrogen (secondary N) is 1. The van der Waals surface area contributed by atoms with Gasteiger partial charge in [0.25, 0.3) is 11.8 Å². The van der Waals surface area contributed by atoms with Crippen molar-refractivity contribution < 1.29 is 14.4 Å². The van der Waals surface area contributed by atoms with Crippen LogP contribution in [-0.2, 0) is 4.79 Å². The molecule has 1 N–H and O–H groups in total. The van der Waals surface area contributed by atoms with Crippen molar-refractivity contribution in [1.82, 2.24) is 0 Å². The van der Waals surface area contributed by atoms with Crippen molar-refractivity contribution in [3.05, 3.63) is 58.7 Å². The minimum absolute atomic E-state index is 0.229. The number of fused-ring (bicyclic) bond motifs is 1. The van der Waals surface area contributed by atoms with Crippen LogP contribution in [0, 0.1) is 13.8 Å². The van der Waals surface area contributed by atoms with E-state index in [1.165, 1.54) is 11.8 Å². The van der Waals surface area contributed by atoms with Gasteiger partial charge in [0.15, 0.2) is 0 Å². The van der Waals surface area contributed by atoms with Gasteiger partial charge in [0.05, 0.1) is 16.8 Å². The van der Waals surface area contributed by atoms with E-state index < -0.39 is 0 Å². The van der Waals surface area contributed by atoms with Gasteiger partial charge in [-0.05, 0) is 49.2 Å². The first-order valence-corrected chi connectivity index (χ1v) is 7.27. The molecular weight excluding hydrogens is 292 g/mol. The summed E-state index contributed by atoms with van der Waals surface area (Å²) < 4.78 is 0. The number of benzene rings is 2. The molecule has 0 bridgehead atoms. The third kappa shape index (κ3) is 2.40. The standard InChI is InChI=1S/C18H16N2O3/c1-10-5-4-6-16(11(10)2)20-17(22)14-8-7-13(19-12(3)21)9-15(14)18(20)23/h4-9H,1-3H3,(H,19,21). The maximum atomic E-state index is 12.7. The van der Waals surface area contributed by atoms with Crippen molar-refractivity contribution in [2.75, 3.05) is 10.2 Å². The van der Waals surface area contributed by atoms with Crippen LogP contribution in [0.15, 0.2) is 36.4 Å². The molecule has 0 atom stereocenters. The van der Waals surface area contributed by atoms with E-state index in [0.29, 0.717) is 22.5 Å². The second-order valence-corrected chi connectivity index (χ2v) is 5.61. The fraction of sp³-hybridized carbons (Fsp3) is 0.167.